The molecule has 1 N–H and O–H groups in total. The molecule has 0 saturated carbocycles. The molecular formula is C63H44F2N4O8. The fourth-order valence-corrected chi connectivity index (χ4v) is 9.73. The number of halogens is 2. The van der Waals surface area contributed by atoms with Gasteiger partial charge in [0, 0.05) is 23.2 Å². The van der Waals surface area contributed by atoms with Crippen molar-refractivity contribution in [1.82, 2.24) is 19.8 Å². The highest BCUT2D eigenvalue weighted by Gasteiger charge is 2.45. The van der Waals surface area contributed by atoms with Crippen LogP contribution in [-0.4, -0.2) is 55.6 Å². The van der Waals surface area contributed by atoms with Gasteiger partial charge in [-0.05, 0) is 81.9 Å². The number of phenols is 1. The molecule has 0 spiro atoms. The molecule has 0 unspecified atom stereocenters. The number of nitrogens with zero attached hydrogens (tertiary/aromatic N) is 4. The fraction of sp³-hybridized carbons (Fsp3) is 0.0794. The lowest BCUT2D eigenvalue weighted by molar-refractivity contribution is 0.0624. The number of fused-ring (bicyclic) bond motifs is 4. The van der Waals surface area contributed by atoms with E-state index in [0.717, 1.165) is 32.1 Å². The second kappa shape index (κ2) is 21.0. The van der Waals surface area contributed by atoms with Gasteiger partial charge in [0.15, 0.2) is 11.5 Å². The molecule has 2 aliphatic rings. The van der Waals surface area contributed by atoms with Crippen molar-refractivity contribution in [3.63, 3.8) is 0 Å². The van der Waals surface area contributed by atoms with Crippen LogP contribution < -0.4 is 14.2 Å². The third-order valence-electron chi connectivity index (χ3n) is 13.4. The number of pyridine rings is 2. The highest BCUT2D eigenvalue weighted by molar-refractivity contribution is 6.28. The van der Waals surface area contributed by atoms with Gasteiger partial charge in [0.05, 0.1) is 31.3 Å². The molecule has 0 radical (unpaired) electrons. The van der Waals surface area contributed by atoms with Gasteiger partial charge in [0.2, 0.25) is 0 Å². The second-order valence-corrected chi connectivity index (χ2v) is 18.1. The Kier molecular flexibility index (Phi) is 13.4. The van der Waals surface area contributed by atoms with E-state index in [9.17, 15) is 33.1 Å². The van der Waals surface area contributed by atoms with Crippen LogP contribution in [0.25, 0.3) is 21.8 Å². The maximum absolute atomic E-state index is 13.9. The summed E-state index contributed by atoms with van der Waals surface area (Å²) in [6.45, 7) is -0.115. The number of hydrogen-bond donors (Lipinski definition) is 1. The summed E-state index contributed by atoms with van der Waals surface area (Å²) in [6.07, 6.45) is 1.95. The Bertz CT molecular complexity index is 3790. The molecule has 14 heteroatoms. The third-order valence-corrected chi connectivity index (χ3v) is 13.4. The zero-order chi connectivity index (χ0) is 53.2. The normalized spacial score (nSPS) is 12.8. The topological polar surface area (TPSA) is 148 Å². The molecule has 0 fully saturated rings. The summed E-state index contributed by atoms with van der Waals surface area (Å²) in [6, 6.07) is 56.4. The van der Waals surface area contributed by atoms with Crippen molar-refractivity contribution < 1.29 is 47.3 Å². The van der Waals surface area contributed by atoms with Crippen LogP contribution in [0.1, 0.15) is 87.0 Å². The van der Waals surface area contributed by atoms with Crippen LogP contribution in [0, 0.1) is 11.6 Å². The van der Waals surface area contributed by atoms with Crippen LogP contribution in [0.4, 0.5) is 8.78 Å². The first-order valence-electron chi connectivity index (χ1n) is 24.5. The number of benzene rings is 8. The molecule has 0 atom stereocenters. The lowest BCUT2D eigenvalue weighted by Crippen LogP contribution is -2.29. The van der Waals surface area contributed by atoms with E-state index in [-0.39, 0.29) is 63.9 Å². The van der Waals surface area contributed by atoms with Crippen molar-refractivity contribution >= 4 is 45.4 Å². The van der Waals surface area contributed by atoms with Gasteiger partial charge in [0.1, 0.15) is 57.5 Å². The average Bonchev–Trinajstić information content (AvgIpc) is 4.01. The molecule has 8 aromatic carbocycles. The van der Waals surface area contributed by atoms with E-state index in [1.165, 1.54) is 43.5 Å². The number of hydrogen-bond acceptors (Lipinski definition) is 10. The minimum atomic E-state index is -0.654. The first kappa shape index (κ1) is 49.1. The predicted octanol–water partition coefficient (Wildman–Crippen LogP) is 12.4. The van der Waals surface area contributed by atoms with Crippen molar-refractivity contribution in [3.8, 4) is 23.0 Å². The standard InChI is InChI=1S/C32H23FN2O4.C31H21FN2O4/c1-38-29-24-13-8-18-34-27(24)30(39-28(21-9-4-2-5-10-21)22-11-6-3-7-12-22)26-25(29)31(36)35(32(26)37)19-20-14-16-23(33)17-15-20;32-22-15-13-19(14-16-22)18-34-30(36)24-25(31(34)37)29(26-23(27(24)35)12-7-17-33-26)38-28(20-8-3-1-4-9-20)21-10-5-2-6-11-21/h2-18,28H,19H2,1H3;1-17,28,35H,18H2. The Morgan fingerprint density at radius 3 is 1.16 bits per heavy atom. The number of rotatable bonds is 13. The number of phenolic OH excluding ortho intramolecular Hbond substituents is 1. The van der Waals surface area contributed by atoms with E-state index in [2.05, 4.69) is 9.97 Å². The Morgan fingerprint density at radius 2 is 0.766 bits per heavy atom. The molecule has 378 valence electrons. The minimum absolute atomic E-state index is 0.0280. The van der Waals surface area contributed by atoms with Crippen molar-refractivity contribution in [2.24, 2.45) is 0 Å². The van der Waals surface area contributed by atoms with Crippen molar-refractivity contribution in [3.05, 3.63) is 274 Å². The predicted molar refractivity (Wildman–Crippen MR) is 284 cm³/mol. The van der Waals surface area contributed by atoms with Gasteiger partial charge in [0.25, 0.3) is 23.6 Å². The van der Waals surface area contributed by atoms with Crippen molar-refractivity contribution in [1.29, 1.82) is 0 Å². The molecule has 0 saturated heterocycles. The van der Waals surface area contributed by atoms with E-state index in [0.29, 0.717) is 27.4 Å². The number of carbonyl (C=O) groups excluding carboxylic acids is 4. The zero-order valence-electron chi connectivity index (χ0n) is 41.0. The van der Waals surface area contributed by atoms with Crippen LogP contribution in [0.2, 0.25) is 0 Å². The van der Waals surface area contributed by atoms with Gasteiger partial charge >= 0.3 is 0 Å². The first-order chi connectivity index (χ1) is 37.6. The van der Waals surface area contributed by atoms with Crippen LogP contribution in [0.5, 0.6) is 23.0 Å². The van der Waals surface area contributed by atoms with E-state index in [4.69, 9.17) is 14.2 Å². The van der Waals surface area contributed by atoms with Crippen LogP contribution in [0.3, 0.4) is 0 Å². The maximum atomic E-state index is 13.9. The van der Waals surface area contributed by atoms with Gasteiger partial charge in [-0.2, -0.15) is 0 Å². The summed E-state index contributed by atoms with van der Waals surface area (Å²) in [5.41, 5.74) is 5.33. The van der Waals surface area contributed by atoms with Crippen LogP contribution in [0.15, 0.2) is 207 Å². The highest BCUT2D eigenvalue weighted by atomic mass is 19.1. The Balaban J connectivity index is 0.000000164. The van der Waals surface area contributed by atoms with Crippen LogP contribution >= 0.6 is 0 Å². The summed E-state index contributed by atoms with van der Waals surface area (Å²) < 4.78 is 45.9. The van der Waals surface area contributed by atoms with E-state index >= 15 is 0 Å². The molecule has 0 bridgehead atoms. The lowest BCUT2D eigenvalue weighted by atomic mass is 9.99. The molecule has 0 aliphatic carbocycles. The molecular weight excluding hydrogens is 979 g/mol. The van der Waals surface area contributed by atoms with Gasteiger partial charge in [-0.25, -0.2) is 8.78 Å². The van der Waals surface area contributed by atoms with Crippen molar-refractivity contribution in [2.45, 2.75) is 25.3 Å². The third kappa shape index (κ3) is 9.33. The van der Waals surface area contributed by atoms with Crippen molar-refractivity contribution in [2.75, 3.05) is 7.11 Å². The molecule has 4 amide bonds. The summed E-state index contributed by atoms with van der Waals surface area (Å²) in [4.78, 5) is 66.1. The van der Waals surface area contributed by atoms with E-state index in [1.54, 1.807) is 48.8 Å². The maximum Gasteiger partial charge on any atom is 0.265 e. The van der Waals surface area contributed by atoms with Gasteiger partial charge in [-0.1, -0.05) is 146 Å². The monoisotopic (exact) mass is 1020 g/mol. The smallest absolute Gasteiger partial charge is 0.265 e. The summed E-state index contributed by atoms with van der Waals surface area (Å²) in [5, 5.41) is 12.0. The summed E-state index contributed by atoms with van der Waals surface area (Å²) in [5.74, 6) is -2.88. The summed E-state index contributed by atoms with van der Waals surface area (Å²) >= 11 is 0. The first-order valence-corrected chi connectivity index (χ1v) is 24.5. The second-order valence-electron chi connectivity index (χ2n) is 18.1. The largest absolute Gasteiger partial charge is 0.506 e. The Morgan fingerprint density at radius 1 is 0.429 bits per heavy atom. The fourth-order valence-electron chi connectivity index (χ4n) is 9.73. The summed E-state index contributed by atoms with van der Waals surface area (Å²) in [7, 11) is 1.46. The van der Waals surface area contributed by atoms with E-state index < -0.39 is 47.5 Å². The zero-order valence-corrected chi connectivity index (χ0v) is 41.0. The molecule has 10 aromatic rings. The average molecular weight is 1020 g/mol. The minimum Gasteiger partial charge on any atom is -0.506 e. The number of ether oxygens (including phenoxy) is 3. The number of amides is 4. The number of carbonyl (C=O) groups is 4. The quantitative estimate of drug-likeness (QED) is 0.111. The Hall–Kier alpha value is -10.1. The molecule has 2 aliphatic heterocycles. The molecule has 2 aromatic heterocycles. The Labute approximate surface area is 440 Å². The molecule has 77 heavy (non-hydrogen) atoms. The van der Waals surface area contributed by atoms with Gasteiger partial charge < -0.3 is 19.3 Å². The van der Waals surface area contributed by atoms with Gasteiger partial charge in [-0.15, -0.1) is 0 Å². The molecule has 12 rings (SSSR count). The highest BCUT2D eigenvalue weighted by Crippen LogP contribution is 2.48. The van der Waals surface area contributed by atoms with Gasteiger partial charge in [-0.3, -0.25) is 38.9 Å². The number of aromatic nitrogens is 2. The number of methoxy groups -OCH3 is 1. The number of aromatic hydroxyl groups is 1. The lowest BCUT2D eigenvalue weighted by Gasteiger charge is -2.23. The molecule has 4 heterocycles. The molecule has 12 nitrogen and oxygen atoms in total. The van der Waals surface area contributed by atoms with E-state index in [1.807, 2.05) is 121 Å². The SMILES string of the molecule is COc1c2c(c(OC(c3ccccc3)c3ccccc3)c3ncccc13)C(=O)N(Cc1ccc(F)cc1)C2=O.O=C1c2c(c(OC(c3ccccc3)c3ccccc3)c3ncccc3c2O)C(=O)N1Cc1ccc(F)cc1. The number of imide groups is 2. The van der Waals surface area contributed by atoms with Crippen LogP contribution in [-0.2, 0) is 13.1 Å².